The van der Waals surface area contributed by atoms with E-state index in [9.17, 15) is 0 Å². The van der Waals surface area contributed by atoms with Gasteiger partial charge in [-0.2, -0.15) is 0 Å². The van der Waals surface area contributed by atoms with E-state index in [-0.39, 0.29) is 0 Å². The number of unbranched alkanes of at least 4 members (excludes halogenated alkanes) is 16. The lowest BCUT2D eigenvalue weighted by atomic mass is 10.1. The predicted molar refractivity (Wildman–Crippen MR) is 406 cm³/mol. The lowest BCUT2D eigenvalue weighted by Crippen LogP contribution is -2.50. The smallest absolute Gasteiger partial charge is 0.0786 e. The van der Waals surface area contributed by atoms with E-state index in [1.807, 2.05) is 0 Å². The van der Waals surface area contributed by atoms with Gasteiger partial charge in [-0.3, -0.25) is 0 Å². The molecule has 0 saturated carbocycles. The van der Waals surface area contributed by atoms with E-state index < -0.39 is 0 Å². The zero-order valence-electron chi connectivity index (χ0n) is 58.8. The highest BCUT2D eigenvalue weighted by molar-refractivity contribution is 7.79. The molecule has 84 heavy (non-hydrogen) atoms. The van der Waals surface area contributed by atoms with Gasteiger partial charge in [0.1, 0.15) is 0 Å². The van der Waals surface area contributed by atoms with Crippen molar-refractivity contribution >= 4 is 120 Å². The van der Waals surface area contributed by atoms with Gasteiger partial charge in [0.05, 0.1) is 105 Å². The van der Waals surface area contributed by atoms with Crippen LogP contribution in [0, 0.1) is 6.28 Å². The van der Waals surface area contributed by atoms with Crippen LogP contribution in [-0.2, 0) is 50.5 Å². The molecule has 0 fully saturated rings. The molecule has 0 unspecified atom stereocenters. The molecule has 0 aliphatic rings. The Balaban J connectivity index is -0.000000466. The standard InChI is InChI=1S/4C16H36N.2C3H2S5/c4*1-5-9-13-17(14-10-6-2,15-11-7-3)16-12-8-4;2*4-1-2(5)8-3(6)7-1/h4*5-16H2,1-4H3;2*4-5H/q4*+1;;/p-4. The third-order valence-electron chi connectivity index (χ3n) is 16.8. The molecule has 0 radical (unpaired) electrons. The van der Waals surface area contributed by atoms with E-state index in [4.69, 9.17) is 75.0 Å². The van der Waals surface area contributed by atoms with Gasteiger partial charge >= 0.3 is 0 Å². The fourth-order valence-corrected chi connectivity index (χ4v) is 17.6. The Hall–Kier alpha value is 1.26. The van der Waals surface area contributed by atoms with Crippen molar-refractivity contribution in [2.24, 2.45) is 0 Å². The second-order valence-electron chi connectivity index (χ2n) is 24.7. The summed E-state index contributed by atoms with van der Waals surface area (Å²) < 4.78 is 10.4. The zero-order chi connectivity index (χ0) is 64.2. The maximum absolute atomic E-state index is 4.83. The molecule has 0 bridgehead atoms. The molecule has 14 heteroatoms. The maximum atomic E-state index is 4.83. The van der Waals surface area contributed by atoms with Crippen LogP contribution in [0.25, 0.3) is 0 Å². The Morgan fingerprint density at radius 3 is 0.333 bits per heavy atom. The molecule has 2 heterocycles. The van der Waals surface area contributed by atoms with Gasteiger partial charge in [-0.15, -0.1) is 41.3 Å². The summed E-state index contributed by atoms with van der Waals surface area (Å²) in [6.45, 7) is 60.1. The van der Waals surface area contributed by atoms with Crippen LogP contribution in [0.3, 0.4) is 0 Å². The zero-order valence-corrected chi connectivity index (χ0v) is 67.0. The minimum Gasteiger partial charge on any atom is -0.429 e. The van der Waals surface area contributed by atoms with Gasteiger partial charge in [-0.1, -0.05) is 214 Å². The van der Waals surface area contributed by atoms with Crippen molar-refractivity contribution in [3.63, 3.8) is 0 Å². The highest BCUT2D eigenvalue weighted by atomic mass is 32.2. The molecule has 4 nitrogen and oxygen atoms in total. The summed E-state index contributed by atoms with van der Waals surface area (Å²) in [5.74, 6) is 0. The van der Waals surface area contributed by atoms with E-state index in [2.05, 4.69) is 111 Å². The molecule has 504 valence electrons. The van der Waals surface area contributed by atoms with Crippen LogP contribution in [-0.4, -0.2) is 123 Å². The molecule has 0 aromatic carbocycles. The van der Waals surface area contributed by atoms with Gasteiger partial charge < -0.3 is 114 Å². The maximum Gasteiger partial charge on any atom is 0.0786 e. The van der Waals surface area contributed by atoms with E-state index in [1.54, 1.807) is 0 Å². The van der Waals surface area contributed by atoms with Crippen molar-refractivity contribution in [2.45, 2.75) is 333 Å². The molecule has 0 aliphatic heterocycles. The molecular weight excluding hydrogens is 1220 g/mol. The van der Waals surface area contributed by atoms with Gasteiger partial charge in [0.15, 0.2) is 0 Å². The first kappa shape index (κ1) is 91.7. The van der Waals surface area contributed by atoms with Crippen LogP contribution < -0.4 is 0 Å². The van der Waals surface area contributed by atoms with E-state index >= 15 is 0 Å². The average Bonchev–Trinajstić information content (AvgIpc) is 4.01. The Labute approximate surface area is 577 Å². The summed E-state index contributed by atoms with van der Waals surface area (Å²) in [7, 11) is 0. The molecule has 0 saturated heterocycles. The molecule has 0 spiro atoms. The molecule has 2 aromatic rings. The van der Waals surface area contributed by atoms with Crippen molar-refractivity contribution in [3.8, 4) is 0 Å². The summed E-state index contributed by atoms with van der Waals surface area (Å²) in [6, 6.07) is 0. The van der Waals surface area contributed by atoms with Crippen molar-refractivity contribution in [2.75, 3.05) is 105 Å². The van der Waals surface area contributed by atoms with Gasteiger partial charge in [-0.25, -0.2) is 0 Å². The number of rotatable bonds is 48. The summed E-state index contributed by atoms with van der Waals surface area (Å²) in [5, 5.41) is 0. The number of nitrogens with zero attached hydrogens (tertiary/aromatic N) is 4. The van der Waals surface area contributed by atoms with E-state index in [0.717, 1.165) is 23.1 Å². The normalized spacial score (nSPS) is 11.5. The second-order valence-corrected chi connectivity index (χ2v) is 33.8. The molecule has 0 aliphatic carbocycles. The molecule has 0 N–H and O–H groups in total. The molecule has 2 aromatic heterocycles. The predicted octanol–water partition coefficient (Wildman–Crippen LogP) is 24.7. The Bertz CT molecular complexity index is 1350. The highest BCUT2D eigenvalue weighted by Crippen LogP contribution is 2.25. The number of hydrogen-bond donors (Lipinski definition) is 0. The average molecular weight is 1360 g/mol. The largest absolute Gasteiger partial charge is 0.429 e. The Kier molecular flexibility index (Phi) is 70.2. The number of hydrogen-bond acceptors (Lipinski definition) is 10. The monoisotopic (exact) mass is 1360 g/mol. The summed E-state index contributed by atoms with van der Waals surface area (Å²) in [5.41, 5.74) is 0. The lowest BCUT2D eigenvalue weighted by molar-refractivity contribution is -0.929. The van der Waals surface area contributed by atoms with Crippen LogP contribution >= 0.6 is 69.8 Å². The summed E-state index contributed by atoms with van der Waals surface area (Å²) >= 11 is 34.6. The van der Waals surface area contributed by atoms with Crippen LogP contribution in [0.15, 0.2) is 16.8 Å². The van der Waals surface area contributed by atoms with Crippen LogP contribution in [0.2, 0.25) is 0 Å². The van der Waals surface area contributed by atoms with E-state index in [1.165, 1.54) is 373 Å². The second kappa shape index (κ2) is 64.4. The minimum atomic E-state index is 0.759. The third kappa shape index (κ3) is 50.8. The summed E-state index contributed by atoms with van der Waals surface area (Å²) in [6.07, 6.45) is 44.2. The fraction of sp³-hybridized carbons (Fsp3) is 0.914. The van der Waals surface area contributed by atoms with Gasteiger partial charge in [-0.05, 0) is 109 Å². The quantitative estimate of drug-likeness (QED) is 0.0365. The summed E-state index contributed by atoms with van der Waals surface area (Å²) in [4.78, 5) is 0. The van der Waals surface area contributed by atoms with Crippen molar-refractivity contribution < 1.29 is 17.9 Å². The van der Waals surface area contributed by atoms with Crippen molar-refractivity contribution in [1.82, 2.24) is 0 Å². The Morgan fingerprint density at radius 2 is 0.286 bits per heavy atom. The van der Waals surface area contributed by atoms with E-state index in [0.29, 0.717) is 0 Å². The van der Waals surface area contributed by atoms with Crippen LogP contribution in [0.5, 0.6) is 0 Å². The van der Waals surface area contributed by atoms with Gasteiger partial charge in [0, 0.05) is 0 Å². The molecule has 2 rings (SSSR count). The SMILES string of the molecule is CCCC[N+](CCCC)(CCCC)CCCC.CCCC[N+](CCCC)(CCCC)CCCC.CCCC[N+](CCCC)(CCCC)CCCC.CCCC[N+](CCCC)(CCCC)CCCC.S=c1sc([S-])c([S-])s1.S=c1sc([S-])c([S-])s1. The number of quaternary nitrogens is 4. The highest BCUT2D eigenvalue weighted by Gasteiger charge is 2.28. The fourth-order valence-electron chi connectivity index (χ4n) is 11.1. The molecule has 0 atom stereocenters. The first-order valence-corrected chi connectivity index (χ1v) is 41.4. The first-order valence-electron chi connectivity index (χ1n) is 35.7. The van der Waals surface area contributed by atoms with Crippen LogP contribution in [0.4, 0.5) is 0 Å². The van der Waals surface area contributed by atoms with Crippen LogP contribution in [0.1, 0.15) is 316 Å². The molecular formula is C70H144N4S10. The molecule has 0 amide bonds. The van der Waals surface area contributed by atoms with Gasteiger partial charge in [0.2, 0.25) is 0 Å². The van der Waals surface area contributed by atoms with Gasteiger partial charge in [0.25, 0.3) is 0 Å². The van der Waals surface area contributed by atoms with Crippen molar-refractivity contribution in [1.29, 1.82) is 0 Å². The van der Waals surface area contributed by atoms with Crippen molar-refractivity contribution in [3.05, 3.63) is 6.28 Å². The Morgan fingerprint density at radius 1 is 0.202 bits per heavy atom. The lowest BCUT2D eigenvalue weighted by Gasteiger charge is -2.39. The third-order valence-corrected chi connectivity index (χ3v) is 23.9. The minimum absolute atomic E-state index is 0.759. The topological polar surface area (TPSA) is 0 Å². The first-order chi connectivity index (χ1) is 40.4.